The van der Waals surface area contributed by atoms with Gasteiger partial charge in [0.1, 0.15) is 0 Å². The topological polar surface area (TPSA) is 89.3 Å². The van der Waals surface area contributed by atoms with Crippen molar-refractivity contribution < 1.29 is 43.9 Å². The zero-order valence-electron chi connectivity index (χ0n) is 30.7. The molecule has 1 aliphatic heterocycles. The van der Waals surface area contributed by atoms with E-state index in [9.17, 15) is 26.3 Å². The number of rotatable bonds is 5. The van der Waals surface area contributed by atoms with Gasteiger partial charge in [0, 0.05) is 76.3 Å². The zero-order chi connectivity index (χ0) is 42.3. The first kappa shape index (κ1) is 38.1. The Morgan fingerprint density at radius 3 is 1.22 bits per heavy atom. The highest BCUT2D eigenvalue weighted by Gasteiger charge is 2.31. The van der Waals surface area contributed by atoms with Crippen molar-refractivity contribution in [2.24, 2.45) is 0 Å². The highest BCUT2D eigenvalue weighted by atomic mass is 19.2. The molecule has 0 saturated carbocycles. The van der Waals surface area contributed by atoms with Crippen LogP contribution in [0.2, 0.25) is 0 Å². The van der Waals surface area contributed by atoms with Gasteiger partial charge < -0.3 is 19.9 Å². The molecule has 8 bridgehead atoms. The minimum Gasteiger partial charge on any atom is -0.354 e. The Bertz CT molecular complexity index is 3180. The molecule has 3 N–H and O–H groups in total. The van der Waals surface area contributed by atoms with Crippen molar-refractivity contribution in [1.82, 2.24) is 29.9 Å². The normalized spacial score (nSPS) is 11.9. The van der Waals surface area contributed by atoms with E-state index in [1.54, 1.807) is 55.7 Å². The number of halogens is 10. The molecule has 17 heteroatoms. The maximum absolute atomic E-state index is 15.7. The molecule has 0 unspecified atom stereocenters. The first-order valence-electron chi connectivity index (χ1n) is 17.7. The van der Waals surface area contributed by atoms with Gasteiger partial charge in [-0.05, 0) is 59.7 Å². The van der Waals surface area contributed by atoms with Crippen LogP contribution in [0.4, 0.5) is 49.9 Å². The number of aromatic nitrogens is 6. The van der Waals surface area contributed by atoms with E-state index in [1.807, 2.05) is 0 Å². The fraction of sp³-hybridized carbons (Fsp3) is 0.0465. The molecule has 7 nitrogen and oxygen atoms in total. The van der Waals surface area contributed by atoms with Gasteiger partial charge in [0.15, 0.2) is 46.5 Å². The second-order valence-electron chi connectivity index (χ2n) is 13.8. The fourth-order valence-electron chi connectivity index (χ4n) is 7.17. The second kappa shape index (κ2) is 14.1. The van der Waals surface area contributed by atoms with Crippen LogP contribution in [0, 0.1) is 58.2 Å². The van der Waals surface area contributed by atoms with Crippen LogP contribution in [-0.4, -0.2) is 44.0 Å². The Morgan fingerprint density at radius 1 is 0.367 bits per heavy atom. The Labute approximate surface area is 330 Å². The third kappa shape index (κ3) is 5.95. The maximum Gasteiger partial charge on any atom is 0.224 e. The van der Waals surface area contributed by atoms with E-state index in [4.69, 9.17) is 0 Å². The molecule has 0 amide bonds. The van der Waals surface area contributed by atoms with Crippen LogP contribution in [0.1, 0.15) is 11.4 Å². The Morgan fingerprint density at radius 2 is 0.733 bits per heavy atom. The average molecular weight is 828 g/mol. The molecule has 60 heavy (non-hydrogen) atoms. The van der Waals surface area contributed by atoms with Crippen molar-refractivity contribution in [1.29, 1.82) is 0 Å². The van der Waals surface area contributed by atoms with Crippen molar-refractivity contribution >= 4 is 51.2 Å². The number of H-pyrrole nitrogens is 3. The predicted molar refractivity (Wildman–Crippen MR) is 206 cm³/mol. The third-order valence-corrected chi connectivity index (χ3v) is 10.0. The van der Waals surface area contributed by atoms with E-state index < -0.39 is 80.4 Å². The molecule has 8 aromatic rings. The summed E-state index contributed by atoms with van der Waals surface area (Å²) < 4.78 is 150. The minimum atomic E-state index is -2.36. The van der Waals surface area contributed by atoms with Crippen LogP contribution < -0.4 is 4.90 Å². The van der Waals surface area contributed by atoms with Gasteiger partial charge in [-0.3, -0.25) is 0 Å². The number of fused-ring (bicyclic) bond motifs is 9. The van der Waals surface area contributed by atoms with Gasteiger partial charge in [-0.2, -0.15) is 0 Å². The smallest absolute Gasteiger partial charge is 0.224 e. The quantitative estimate of drug-likeness (QED) is 0.0916. The van der Waals surface area contributed by atoms with E-state index >= 15 is 17.6 Å². The lowest BCUT2D eigenvalue weighted by molar-refractivity contribution is 0.381. The second-order valence-corrected chi connectivity index (χ2v) is 13.8. The van der Waals surface area contributed by atoms with Crippen molar-refractivity contribution in [3.8, 4) is 44.5 Å². The molecule has 0 radical (unpaired) electrons. The van der Waals surface area contributed by atoms with Gasteiger partial charge in [-0.15, -0.1) is 0 Å². The Hall–Kier alpha value is -7.43. The molecule has 6 heterocycles. The predicted octanol–water partition coefficient (Wildman–Crippen LogP) is 11.6. The van der Waals surface area contributed by atoms with Crippen LogP contribution in [0.3, 0.4) is 0 Å². The summed E-state index contributed by atoms with van der Waals surface area (Å²) >= 11 is 0. The highest BCUT2D eigenvalue weighted by molar-refractivity contribution is 6.01. The zero-order valence-corrected chi connectivity index (χ0v) is 30.7. The lowest BCUT2D eigenvalue weighted by atomic mass is 10.0. The van der Waals surface area contributed by atoms with Crippen LogP contribution in [-0.2, 0) is 0 Å². The summed E-state index contributed by atoms with van der Waals surface area (Å²) in [4.78, 5) is 23.8. The van der Waals surface area contributed by atoms with Crippen molar-refractivity contribution in [3.63, 3.8) is 0 Å². The van der Waals surface area contributed by atoms with E-state index in [0.717, 1.165) is 0 Å². The molecule has 0 atom stereocenters. The van der Waals surface area contributed by atoms with Crippen LogP contribution in [0.5, 0.6) is 0 Å². The molecule has 0 aliphatic carbocycles. The lowest BCUT2D eigenvalue weighted by Crippen LogP contribution is -2.12. The third-order valence-electron chi connectivity index (χ3n) is 10.0. The molecule has 5 aromatic heterocycles. The number of nitrogens with one attached hydrogen (secondary N) is 3. The molecule has 0 saturated heterocycles. The highest BCUT2D eigenvalue weighted by Crippen LogP contribution is 2.41. The largest absolute Gasteiger partial charge is 0.354 e. The summed E-state index contributed by atoms with van der Waals surface area (Å²) in [5, 5.41) is 0. The van der Waals surface area contributed by atoms with E-state index in [2.05, 4.69) is 29.9 Å². The molecular formula is C43H23F10N7. The number of benzene rings is 3. The van der Waals surface area contributed by atoms with Crippen LogP contribution >= 0.6 is 0 Å². The van der Waals surface area contributed by atoms with Gasteiger partial charge in [0.2, 0.25) is 17.6 Å². The Balaban J connectivity index is 1.41. The first-order chi connectivity index (χ1) is 28.7. The average Bonchev–Trinajstić information content (AvgIpc) is 4.10. The first-order valence-corrected chi connectivity index (χ1v) is 17.7. The van der Waals surface area contributed by atoms with Gasteiger partial charge in [0.05, 0.1) is 28.0 Å². The van der Waals surface area contributed by atoms with Crippen molar-refractivity contribution in [3.05, 3.63) is 143 Å². The van der Waals surface area contributed by atoms with Gasteiger partial charge in [-0.25, -0.2) is 58.9 Å². The molecule has 3 aromatic carbocycles. The van der Waals surface area contributed by atoms with E-state index in [1.165, 1.54) is 48.6 Å². The summed E-state index contributed by atoms with van der Waals surface area (Å²) in [6.07, 6.45) is 5.81. The van der Waals surface area contributed by atoms with E-state index in [0.29, 0.717) is 22.6 Å². The van der Waals surface area contributed by atoms with Gasteiger partial charge in [-0.1, -0.05) is 24.3 Å². The van der Waals surface area contributed by atoms with E-state index in [-0.39, 0.29) is 50.1 Å². The number of hydrogen-bond donors (Lipinski definition) is 3. The standard InChI is InChI=1S/C43H23F10N7/c1-60(2)43-54-15-19(16-55-43)17-3-5-18(6-4-17)28-22-11-13-26(58-22)29(31-33(44)37(48)41(52)38(49)34(31)45)24-9-7-20(56-24)21-8-10-25(57-21)30(27-14-12-23(28)59-27)32-35(46)39(50)42(53)40(51)36(32)47/h3-16,56,58-59H,1-2H3. The van der Waals surface area contributed by atoms with Crippen molar-refractivity contribution in [2.75, 3.05) is 19.0 Å². The molecule has 9 rings (SSSR count). The summed E-state index contributed by atoms with van der Waals surface area (Å²) in [6, 6.07) is 15.1. The monoisotopic (exact) mass is 827 g/mol. The Kier molecular flexibility index (Phi) is 8.98. The number of aromatic amines is 3. The maximum atomic E-state index is 15.7. The van der Waals surface area contributed by atoms with Crippen LogP contribution in [0.15, 0.2) is 73.1 Å². The number of anilines is 1. The van der Waals surface area contributed by atoms with Gasteiger partial charge >= 0.3 is 0 Å². The number of nitrogens with zero attached hydrogens (tertiary/aromatic N) is 4. The summed E-state index contributed by atoms with van der Waals surface area (Å²) in [5.41, 5.74) is -1.64. The molecule has 1 aliphatic rings. The van der Waals surface area contributed by atoms with Gasteiger partial charge in [0.25, 0.3) is 0 Å². The molecule has 0 fully saturated rings. The number of hydrogen-bond acceptors (Lipinski definition) is 4. The van der Waals surface area contributed by atoms with Crippen molar-refractivity contribution in [2.45, 2.75) is 0 Å². The SMILES string of the molecule is CN(C)c1ncc(-c2ccc(-c3c4ccc([nH]4)c(-c4c(F)c(F)c(F)c(F)c4F)c4nc(c5ccc([nH]5)c(-c5c(F)c(F)c(F)c(F)c5F)c5ccc3[nH]5)C=C4)cc2)cn1. The lowest BCUT2D eigenvalue weighted by Gasteiger charge is -2.10. The summed E-state index contributed by atoms with van der Waals surface area (Å²) in [6.45, 7) is 0. The minimum absolute atomic E-state index is 0.0114. The molecular weight excluding hydrogens is 805 g/mol. The molecule has 0 spiro atoms. The molecule has 300 valence electrons. The fourth-order valence-corrected chi connectivity index (χ4v) is 7.17. The summed E-state index contributed by atoms with van der Waals surface area (Å²) in [5.74, 6) is -21.5. The van der Waals surface area contributed by atoms with Crippen LogP contribution in [0.25, 0.3) is 89.8 Å². The summed E-state index contributed by atoms with van der Waals surface area (Å²) in [7, 11) is 3.56.